The van der Waals surface area contributed by atoms with Crippen molar-refractivity contribution in [2.75, 3.05) is 0 Å². The van der Waals surface area contributed by atoms with Crippen LogP contribution in [0.25, 0.3) is 0 Å². The van der Waals surface area contributed by atoms with E-state index in [-0.39, 0.29) is 5.54 Å². The highest BCUT2D eigenvalue weighted by Gasteiger charge is 2.34. The Balaban J connectivity index is 2.37. The fourth-order valence-corrected chi connectivity index (χ4v) is 2.25. The standard InChI is InChI=1S/C12H16ClN/c1-2-9-6-10(8-11(13)7-9)12(14)4-3-5-12/h6-8H,2-5,14H2,1H3. The Morgan fingerprint density at radius 2 is 2.07 bits per heavy atom. The van der Waals surface area contributed by atoms with Gasteiger partial charge in [-0.25, -0.2) is 0 Å². The van der Waals surface area contributed by atoms with Crippen LogP contribution in [-0.4, -0.2) is 0 Å². The predicted octanol–water partition coefficient (Wildman–Crippen LogP) is 3.24. The van der Waals surface area contributed by atoms with E-state index in [0.29, 0.717) is 0 Å². The van der Waals surface area contributed by atoms with Gasteiger partial charge >= 0.3 is 0 Å². The summed E-state index contributed by atoms with van der Waals surface area (Å²) in [5, 5.41) is 0.816. The largest absolute Gasteiger partial charge is 0.321 e. The van der Waals surface area contributed by atoms with E-state index in [2.05, 4.69) is 13.0 Å². The maximum Gasteiger partial charge on any atom is 0.0412 e. The second-order valence-electron chi connectivity index (χ2n) is 4.21. The fraction of sp³-hybridized carbons (Fsp3) is 0.500. The van der Waals surface area contributed by atoms with Gasteiger partial charge in [0.25, 0.3) is 0 Å². The monoisotopic (exact) mass is 209 g/mol. The molecule has 0 heterocycles. The summed E-state index contributed by atoms with van der Waals surface area (Å²) in [5.74, 6) is 0. The molecule has 1 aliphatic rings. The van der Waals surface area contributed by atoms with Crippen molar-refractivity contribution in [3.63, 3.8) is 0 Å². The highest BCUT2D eigenvalue weighted by molar-refractivity contribution is 6.30. The normalized spacial score (nSPS) is 19.1. The molecule has 0 amide bonds. The minimum atomic E-state index is -0.0885. The third kappa shape index (κ3) is 1.67. The van der Waals surface area contributed by atoms with E-state index in [9.17, 15) is 0 Å². The van der Waals surface area contributed by atoms with Crippen molar-refractivity contribution in [2.45, 2.75) is 38.1 Å². The zero-order valence-corrected chi connectivity index (χ0v) is 9.27. The van der Waals surface area contributed by atoms with Crippen molar-refractivity contribution < 1.29 is 0 Å². The Morgan fingerprint density at radius 3 is 2.57 bits per heavy atom. The Kier molecular flexibility index (Phi) is 2.54. The van der Waals surface area contributed by atoms with E-state index in [1.165, 1.54) is 17.5 Å². The molecule has 0 aromatic heterocycles. The average molecular weight is 210 g/mol. The molecule has 0 saturated heterocycles. The lowest BCUT2D eigenvalue weighted by atomic mass is 9.72. The molecule has 1 aromatic rings. The lowest BCUT2D eigenvalue weighted by Gasteiger charge is -2.39. The van der Waals surface area contributed by atoms with Crippen molar-refractivity contribution in [1.82, 2.24) is 0 Å². The van der Waals surface area contributed by atoms with Gasteiger partial charge in [0.2, 0.25) is 0 Å². The molecule has 14 heavy (non-hydrogen) atoms. The van der Waals surface area contributed by atoms with E-state index >= 15 is 0 Å². The molecule has 1 nitrogen and oxygen atoms in total. The third-order valence-electron chi connectivity index (χ3n) is 3.19. The van der Waals surface area contributed by atoms with Gasteiger partial charge in [0.05, 0.1) is 0 Å². The quantitative estimate of drug-likeness (QED) is 0.795. The van der Waals surface area contributed by atoms with Crippen LogP contribution in [-0.2, 0) is 12.0 Å². The summed E-state index contributed by atoms with van der Waals surface area (Å²) >= 11 is 6.06. The Morgan fingerprint density at radius 1 is 1.36 bits per heavy atom. The van der Waals surface area contributed by atoms with Gasteiger partial charge in [-0.05, 0) is 48.9 Å². The Bertz CT molecular complexity index is 342. The average Bonchev–Trinajstić information content (AvgIpc) is 2.13. The van der Waals surface area contributed by atoms with Gasteiger partial charge in [0.15, 0.2) is 0 Å². The van der Waals surface area contributed by atoms with Crippen LogP contribution in [0.4, 0.5) is 0 Å². The van der Waals surface area contributed by atoms with E-state index in [1.54, 1.807) is 0 Å². The second kappa shape index (κ2) is 3.56. The molecule has 1 aromatic carbocycles. The molecule has 0 spiro atoms. The molecule has 2 N–H and O–H groups in total. The second-order valence-corrected chi connectivity index (χ2v) is 4.65. The van der Waals surface area contributed by atoms with Crippen molar-refractivity contribution in [2.24, 2.45) is 5.73 Å². The molecular weight excluding hydrogens is 194 g/mol. The van der Waals surface area contributed by atoms with Gasteiger partial charge in [0, 0.05) is 10.6 Å². The molecule has 1 aliphatic carbocycles. The molecule has 2 heteroatoms. The fourth-order valence-electron chi connectivity index (χ4n) is 1.99. The molecule has 0 unspecified atom stereocenters. The zero-order valence-electron chi connectivity index (χ0n) is 8.52. The van der Waals surface area contributed by atoms with E-state index in [1.807, 2.05) is 12.1 Å². The number of benzene rings is 1. The molecular formula is C12H16ClN. The number of hydrogen-bond acceptors (Lipinski definition) is 1. The van der Waals surface area contributed by atoms with Crippen molar-refractivity contribution in [3.05, 3.63) is 34.3 Å². The maximum absolute atomic E-state index is 6.26. The van der Waals surface area contributed by atoms with Crippen molar-refractivity contribution in [3.8, 4) is 0 Å². The summed E-state index contributed by atoms with van der Waals surface area (Å²) in [4.78, 5) is 0. The highest BCUT2D eigenvalue weighted by atomic mass is 35.5. The smallest absolute Gasteiger partial charge is 0.0412 e. The van der Waals surface area contributed by atoms with Crippen LogP contribution in [0.15, 0.2) is 18.2 Å². The molecule has 1 fully saturated rings. The summed E-state index contributed by atoms with van der Waals surface area (Å²) in [6.45, 7) is 2.14. The summed E-state index contributed by atoms with van der Waals surface area (Å²) in [7, 11) is 0. The summed E-state index contributed by atoms with van der Waals surface area (Å²) in [5.41, 5.74) is 8.67. The molecule has 76 valence electrons. The Labute approximate surface area is 90.3 Å². The van der Waals surface area contributed by atoms with Gasteiger partial charge in [-0.3, -0.25) is 0 Å². The highest BCUT2D eigenvalue weighted by Crippen LogP contribution is 2.39. The number of halogens is 1. The maximum atomic E-state index is 6.26. The van der Waals surface area contributed by atoms with Gasteiger partial charge in [-0.1, -0.05) is 24.6 Å². The first-order chi connectivity index (χ1) is 6.64. The predicted molar refractivity (Wildman–Crippen MR) is 60.5 cm³/mol. The minimum absolute atomic E-state index is 0.0885. The van der Waals surface area contributed by atoms with Crippen LogP contribution in [0.2, 0.25) is 5.02 Å². The van der Waals surface area contributed by atoms with Crippen LogP contribution >= 0.6 is 11.6 Å². The van der Waals surface area contributed by atoms with Gasteiger partial charge in [0.1, 0.15) is 0 Å². The van der Waals surface area contributed by atoms with Gasteiger partial charge < -0.3 is 5.73 Å². The first-order valence-corrected chi connectivity index (χ1v) is 5.61. The molecule has 0 aliphatic heterocycles. The minimum Gasteiger partial charge on any atom is -0.321 e. The number of hydrogen-bond donors (Lipinski definition) is 1. The summed E-state index contributed by atoms with van der Waals surface area (Å²) in [6.07, 6.45) is 4.45. The third-order valence-corrected chi connectivity index (χ3v) is 3.40. The first kappa shape index (κ1) is 10.0. The van der Waals surface area contributed by atoms with E-state index in [0.717, 1.165) is 24.3 Å². The molecule has 2 rings (SSSR count). The molecule has 1 saturated carbocycles. The number of nitrogens with two attached hydrogens (primary N) is 1. The number of rotatable bonds is 2. The topological polar surface area (TPSA) is 26.0 Å². The SMILES string of the molecule is CCc1cc(Cl)cc(C2(N)CCC2)c1. The van der Waals surface area contributed by atoms with Crippen molar-refractivity contribution in [1.29, 1.82) is 0 Å². The van der Waals surface area contributed by atoms with Gasteiger partial charge in [-0.15, -0.1) is 0 Å². The van der Waals surface area contributed by atoms with E-state index in [4.69, 9.17) is 17.3 Å². The van der Waals surface area contributed by atoms with Crippen LogP contribution < -0.4 is 5.73 Å². The van der Waals surface area contributed by atoms with Crippen LogP contribution in [0, 0.1) is 0 Å². The van der Waals surface area contributed by atoms with Crippen LogP contribution in [0.3, 0.4) is 0 Å². The summed E-state index contributed by atoms with van der Waals surface area (Å²) < 4.78 is 0. The van der Waals surface area contributed by atoms with Gasteiger partial charge in [-0.2, -0.15) is 0 Å². The first-order valence-electron chi connectivity index (χ1n) is 5.23. The lowest BCUT2D eigenvalue weighted by molar-refractivity contribution is 0.253. The summed E-state index contributed by atoms with van der Waals surface area (Å²) in [6, 6.07) is 6.23. The lowest BCUT2D eigenvalue weighted by Crippen LogP contribution is -2.43. The van der Waals surface area contributed by atoms with Crippen LogP contribution in [0.1, 0.15) is 37.3 Å². The molecule has 0 radical (unpaired) electrons. The number of aryl methyl sites for hydroxylation is 1. The van der Waals surface area contributed by atoms with E-state index < -0.39 is 0 Å². The zero-order chi connectivity index (χ0) is 10.2. The van der Waals surface area contributed by atoms with Crippen LogP contribution in [0.5, 0.6) is 0 Å². The Hall–Kier alpha value is -0.530. The molecule has 0 atom stereocenters. The molecule has 0 bridgehead atoms. The van der Waals surface area contributed by atoms with Crippen molar-refractivity contribution >= 4 is 11.6 Å².